The Morgan fingerprint density at radius 1 is 1.23 bits per heavy atom. The number of hydrogen-bond donors (Lipinski definition) is 3. The summed E-state index contributed by atoms with van der Waals surface area (Å²) < 4.78 is 4.96. The number of primary amides is 1. The number of anilines is 1. The number of nitrogens with two attached hydrogens (primary N) is 1. The lowest BCUT2D eigenvalue weighted by molar-refractivity contribution is -0.147. The Kier molecular flexibility index (Phi) is 6.36. The maximum absolute atomic E-state index is 12.6. The number of ether oxygens (including phenoxy) is 1. The van der Waals surface area contributed by atoms with Crippen LogP contribution in [0.5, 0.6) is 0 Å². The number of carbonyl (C=O) groups is 4. The Morgan fingerprint density at radius 3 is 2.38 bits per heavy atom. The third-order valence-electron chi connectivity index (χ3n) is 4.51. The molecule has 1 heterocycles. The van der Waals surface area contributed by atoms with E-state index in [1.807, 2.05) is 0 Å². The molecule has 1 fully saturated rings. The maximum atomic E-state index is 12.6. The van der Waals surface area contributed by atoms with E-state index in [0.29, 0.717) is 18.4 Å². The van der Waals surface area contributed by atoms with E-state index in [1.165, 1.54) is 0 Å². The first-order valence-corrected chi connectivity index (χ1v) is 9.23. The molecule has 0 spiro atoms. The van der Waals surface area contributed by atoms with E-state index >= 15 is 0 Å². The number of aliphatic carboxylic acids is 1. The number of carboxylic acids is 1. The van der Waals surface area contributed by atoms with Crippen molar-refractivity contribution in [3.63, 3.8) is 0 Å². The lowest BCUT2D eigenvalue weighted by Gasteiger charge is -2.27. The Bertz CT molecular complexity index is 742. The van der Waals surface area contributed by atoms with Crippen molar-refractivity contribution in [2.75, 3.05) is 11.9 Å². The van der Waals surface area contributed by atoms with Crippen molar-refractivity contribution in [2.24, 2.45) is 17.6 Å². The normalized spacial score (nSPS) is 19.6. The van der Waals surface area contributed by atoms with Crippen LogP contribution in [-0.4, -0.2) is 35.5 Å². The van der Waals surface area contributed by atoms with Gasteiger partial charge in [-0.15, -0.1) is 11.3 Å². The van der Waals surface area contributed by atoms with Crippen LogP contribution in [0.15, 0.2) is 0 Å². The van der Waals surface area contributed by atoms with Crippen LogP contribution < -0.4 is 11.1 Å². The Labute approximate surface area is 154 Å². The Hall–Kier alpha value is -2.42. The average Bonchev–Trinajstić information content (AvgIpc) is 2.91. The van der Waals surface area contributed by atoms with Gasteiger partial charge >= 0.3 is 11.9 Å². The minimum absolute atomic E-state index is 0.0501. The molecule has 26 heavy (non-hydrogen) atoms. The lowest BCUT2D eigenvalue weighted by Crippen LogP contribution is -2.36. The standard InChI is InChI=1S/C17H22N2O6S/c1-3-25-17(24)12-8(2)11(13(18)20)15(26-12)19-14(21)9-6-4-5-7-10(9)16(22)23/h9-10H,3-7H2,1-2H3,(H2,18,20)(H,19,21)(H,22,23). The molecule has 2 amide bonds. The zero-order chi connectivity index (χ0) is 19.4. The number of hydrogen-bond acceptors (Lipinski definition) is 6. The number of thiophene rings is 1. The van der Waals surface area contributed by atoms with Gasteiger partial charge in [-0.3, -0.25) is 14.4 Å². The first-order valence-electron chi connectivity index (χ1n) is 8.41. The number of esters is 1. The van der Waals surface area contributed by atoms with Gasteiger partial charge in [0.2, 0.25) is 5.91 Å². The smallest absolute Gasteiger partial charge is 0.348 e. The first kappa shape index (κ1) is 19.9. The van der Waals surface area contributed by atoms with Gasteiger partial charge in [-0.05, 0) is 32.3 Å². The van der Waals surface area contributed by atoms with E-state index in [1.54, 1.807) is 13.8 Å². The number of carbonyl (C=O) groups excluding carboxylic acids is 3. The highest BCUT2D eigenvalue weighted by Gasteiger charge is 2.36. The second kappa shape index (κ2) is 8.31. The van der Waals surface area contributed by atoms with E-state index in [-0.39, 0.29) is 22.0 Å². The molecule has 1 aliphatic rings. The van der Waals surface area contributed by atoms with E-state index < -0.39 is 35.6 Å². The van der Waals surface area contributed by atoms with Crippen LogP contribution in [0.4, 0.5) is 5.00 Å². The second-order valence-electron chi connectivity index (χ2n) is 6.17. The van der Waals surface area contributed by atoms with Crippen molar-refractivity contribution >= 4 is 40.1 Å². The molecule has 0 aliphatic heterocycles. The summed E-state index contributed by atoms with van der Waals surface area (Å²) >= 11 is 0.910. The van der Waals surface area contributed by atoms with Gasteiger partial charge in [0.05, 0.1) is 24.0 Å². The summed E-state index contributed by atoms with van der Waals surface area (Å²) in [4.78, 5) is 48.1. The van der Waals surface area contributed by atoms with Gasteiger partial charge in [0, 0.05) is 0 Å². The SMILES string of the molecule is CCOC(=O)c1sc(NC(=O)C2CCCCC2C(=O)O)c(C(N)=O)c1C. The van der Waals surface area contributed by atoms with Gasteiger partial charge in [0.1, 0.15) is 9.88 Å². The lowest BCUT2D eigenvalue weighted by atomic mass is 9.79. The van der Waals surface area contributed by atoms with Crippen molar-refractivity contribution in [1.82, 2.24) is 0 Å². The van der Waals surface area contributed by atoms with Crippen LogP contribution in [0.25, 0.3) is 0 Å². The minimum atomic E-state index is -1.01. The molecule has 4 N–H and O–H groups in total. The summed E-state index contributed by atoms with van der Waals surface area (Å²) in [5.74, 6) is -4.30. The van der Waals surface area contributed by atoms with E-state index in [4.69, 9.17) is 10.5 Å². The predicted octanol–water partition coefficient (Wildman–Crippen LogP) is 2.16. The Morgan fingerprint density at radius 2 is 1.85 bits per heavy atom. The summed E-state index contributed by atoms with van der Waals surface area (Å²) in [7, 11) is 0. The van der Waals surface area contributed by atoms with Crippen molar-refractivity contribution in [3.8, 4) is 0 Å². The van der Waals surface area contributed by atoms with Crippen LogP contribution in [0.1, 0.15) is 58.2 Å². The fraction of sp³-hybridized carbons (Fsp3) is 0.529. The maximum Gasteiger partial charge on any atom is 0.348 e. The fourth-order valence-corrected chi connectivity index (χ4v) is 4.34. The zero-order valence-corrected chi connectivity index (χ0v) is 15.5. The van der Waals surface area contributed by atoms with Crippen LogP contribution in [0, 0.1) is 18.8 Å². The predicted molar refractivity (Wildman–Crippen MR) is 95.2 cm³/mol. The highest BCUT2D eigenvalue weighted by atomic mass is 32.1. The molecule has 1 aromatic rings. The van der Waals surface area contributed by atoms with Gasteiger partial charge in [-0.25, -0.2) is 4.79 Å². The largest absolute Gasteiger partial charge is 0.481 e. The quantitative estimate of drug-likeness (QED) is 0.645. The first-order chi connectivity index (χ1) is 12.3. The van der Waals surface area contributed by atoms with Crippen LogP contribution >= 0.6 is 11.3 Å². The molecule has 142 valence electrons. The number of amides is 2. The van der Waals surface area contributed by atoms with Gasteiger partial charge in [-0.2, -0.15) is 0 Å². The highest BCUT2D eigenvalue weighted by Crippen LogP contribution is 2.36. The summed E-state index contributed by atoms with van der Waals surface area (Å²) in [6.07, 6.45) is 2.43. The molecule has 1 aromatic heterocycles. The fourth-order valence-electron chi connectivity index (χ4n) is 3.23. The average molecular weight is 382 g/mol. The number of rotatable bonds is 6. The van der Waals surface area contributed by atoms with Gasteiger partial charge in [0.15, 0.2) is 0 Å². The monoisotopic (exact) mass is 382 g/mol. The van der Waals surface area contributed by atoms with Crippen molar-refractivity contribution in [2.45, 2.75) is 39.5 Å². The van der Waals surface area contributed by atoms with Crippen molar-refractivity contribution in [3.05, 3.63) is 16.0 Å². The molecule has 2 rings (SSSR count). The molecule has 1 aliphatic carbocycles. The molecular weight excluding hydrogens is 360 g/mol. The molecular formula is C17H22N2O6S. The highest BCUT2D eigenvalue weighted by molar-refractivity contribution is 7.18. The number of carboxylic acid groups (broad SMARTS) is 1. The third-order valence-corrected chi connectivity index (χ3v) is 5.70. The van der Waals surface area contributed by atoms with Gasteiger partial charge in [0.25, 0.3) is 5.91 Å². The van der Waals surface area contributed by atoms with E-state index in [0.717, 1.165) is 24.2 Å². The summed E-state index contributed by atoms with van der Waals surface area (Å²) in [5, 5.41) is 12.1. The topological polar surface area (TPSA) is 136 Å². The molecule has 2 atom stereocenters. The molecule has 0 saturated heterocycles. The van der Waals surface area contributed by atoms with Gasteiger partial charge < -0.3 is 20.9 Å². The van der Waals surface area contributed by atoms with E-state index in [9.17, 15) is 24.3 Å². The summed E-state index contributed by atoms with van der Waals surface area (Å²) in [6.45, 7) is 3.39. The molecule has 1 saturated carbocycles. The minimum Gasteiger partial charge on any atom is -0.481 e. The molecule has 8 nitrogen and oxygen atoms in total. The third kappa shape index (κ3) is 4.04. The second-order valence-corrected chi connectivity index (χ2v) is 7.19. The van der Waals surface area contributed by atoms with Crippen molar-refractivity contribution in [1.29, 1.82) is 0 Å². The van der Waals surface area contributed by atoms with Crippen LogP contribution in [-0.2, 0) is 14.3 Å². The summed E-state index contributed by atoms with van der Waals surface area (Å²) in [6, 6.07) is 0. The van der Waals surface area contributed by atoms with Crippen LogP contribution in [0.3, 0.4) is 0 Å². The zero-order valence-electron chi connectivity index (χ0n) is 14.7. The molecule has 9 heteroatoms. The molecule has 0 aromatic carbocycles. The molecule has 0 bridgehead atoms. The molecule has 2 unspecified atom stereocenters. The molecule has 0 radical (unpaired) electrons. The van der Waals surface area contributed by atoms with Crippen LogP contribution in [0.2, 0.25) is 0 Å². The Balaban J connectivity index is 2.31. The van der Waals surface area contributed by atoms with E-state index in [2.05, 4.69) is 5.32 Å². The summed E-state index contributed by atoms with van der Waals surface area (Å²) in [5.41, 5.74) is 5.80. The van der Waals surface area contributed by atoms with Crippen molar-refractivity contribution < 1.29 is 29.0 Å². The number of nitrogens with one attached hydrogen (secondary N) is 1. The van der Waals surface area contributed by atoms with Gasteiger partial charge in [-0.1, -0.05) is 12.8 Å².